The molecular weight excluding hydrogens is 546 g/mol. The first-order valence-electron chi connectivity index (χ1n) is 12.7. The number of rotatable bonds is 10. The number of ether oxygens (including phenoxy) is 5. The van der Waals surface area contributed by atoms with Gasteiger partial charge in [-0.3, -0.25) is 10.1 Å². The standard InChI is InChI=1S/C22H41N3O15/c1-6(18(33)34)25-11-14(31)16(38-20-10(24)13(30)17(32)22(2,5-28)40-20)8(4-27)37-21(11)39-15-7(3-26)36-19(35)9(23)12(15)29/h6-17,19-21,25-32,35H,3-5,23-24H2,1-2H3,(H,33,34)/t6?,7-,8-,9-,10-,11-,12-,13-,14-,15?,16?,17+,19-,20+,21+,22-/m1/s1. The summed E-state index contributed by atoms with van der Waals surface area (Å²) in [6.45, 7) is 0.286. The lowest BCUT2D eigenvalue weighted by molar-refractivity contribution is -0.360. The molecule has 16 atom stereocenters. The fourth-order valence-corrected chi connectivity index (χ4v) is 4.86. The number of hydrogen-bond acceptors (Lipinski definition) is 17. The van der Waals surface area contributed by atoms with E-state index in [1.54, 1.807) is 0 Å². The fourth-order valence-electron chi connectivity index (χ4n) is 4.86. The zero-order chi connectivity index (χ0) is 30.1. The maximum atomic E-state index is 11.6. The summed E-state index contributed by atoms with van der Waals surface area (Å²) in [6.07, 6.45) is -17.0. The van der Waals surface area contributed by atoms with E-state index in [0.717, 1.165) is 0 Å². The van der Waals surface area contributed by atoms with Crippen LogP contribution < -0.4 is 16.8 Å². The first kappa shape index (κ1) is 33.3. The first-order chi connectivity index (χ1) is 18.7. The van der Waals surface area contributed by atoms with Crippen LogP contribution in [0.2, 0.25) is 0 Å². The van der Waals surface area contributed by atoms with Crippen LogP contribution in [0.1, 0.15) is 13.8 Å². The average molecular weight is 588 g/mol. The van der Waals surface area contributed by atoms with Gasteiger partial charge in [0.2, 0.25) is 0 Å². The van der Waals surface area contributed by atoms with Crippen LogP contribution >= 0.6 is 0 Å². The number of aliphatic hydroxyl groups is 8. The number of hydrogen-bond donors (Lipinski definition) is 12. The average Bonchev–Trinajstić information content (AvgIpc) is 2.93. The Hall–Kier alpha value is -1.17. The monoisotopic (exact) mass is 587 g/mol. The van der Waals surface area contributed by atoms with Gasteiger partial charge in [0.25, 0.3) is 0 Å². The van der Waals surface area contributed by atoms with Crippen LogP contribution in [0.15, 0.2) is 0 Å². The number of nitrogens with two attached hydrogens (primary N) is 2. The molecule has 0 amide bonds. The number of aliphatic carboxylic acids is 1. The summed E-state index contributed by atoms with van der Waals surface area (Å²) < 4.78 is 28.2. The lowest BCUT2D eigenvalue weighted by Gasteiger charge is -2.51. The molecule has 0 saturated carbocycles. The molecule has 0 aromatic carbocycles. The van der Waals surface area contributed by atoms with Crippen molar-refractivity contribution in [2.45, 2.75) is 111 Å². The summed E-state index contributed by atoms with van der Waals surface area (Å²) in [6, 6.07) is -5.47. The molecule has 3 unspecified atom stereocenters. The second-order valence-electron chi connectivity index (χ2n) is 10.5. The second-order valence-corrected chi connectivity index (χ2v) is 10.5. The maximum Gasteiger partial charge on any atom is 0.320 e. The number of nitrogens with one attached hydrogen (secondary N) is 1. The smallest absolute Gasteiger partial charge is 0.320 e. The van der Waals surface area contributed by atoms with Crippen molar-refractivity contribution in [1.82, 2.24) is 5.32 Å². The van der Waals surface area contributed by atoms with Crippen molar-refractivity contribution in [3.8, 4) is 0 Å². The van der Waals surface area contributed by atoms with Gasteiger partial charge in [0.05, 0.1) is 37.9 Å². The van der Waals surface area contributed by atoms with Crippen LogP contribution in [0.25, 0.3) is 0 Å². The Bertz CT molecular complexity index is 843. The normalized spacial score (nSPS) is 49.0. The minimum absolute atomic E-state index is 0.728. The summed E-state index contributed by atoms with van der Waals surface area (Å²) in [5.74, 6) is -1.32. The number of carbonyl (C=O) groups is 1. The molecule has 0 spiro atoms. The number of aliphatic hydroxyl groups excluding tert-OH is 8. The second kappa shape index (κ2) is 13.4. The predicted molar refractivity (Wildman–Crippen MR) is 128 cm³/mol. The van der Waals surface area contributed by atoms with Crippen LogP contribution in [-0.4, -0.2) is 169 Å². The molecule has 3 rings (SSSR count). The third-order valence-electron chi connectivity index (χ3n) is 7.53. The minimum atomic E-state index is -1.73. The van der Waals surface area contributed by atoms with E-state index in [2.05, 4.69) is 5.32 Å². The van der Waals surface area contributed by atoms with Gasteiger partial charge in [0, 0.05) is 0 Å². The van der Waals surface area contributed by atoms with Crippen molar-refractivity contribution in [3.05, 3.63) is 0 Å². The quantitative estimate of drug-likeness (QED) is 0.113. The van der Waals surface area contributed by atoms with Gasteiger partial charge < -0.3 is 81.1 Å². The molecule has 3 aliphatic rings. The molecule has 14 N–H and O–H groups in total. The molecule has 40 heavy (non-hydrogen) atoms. The van der Waals surface area contributed by atoms with E-state index in [1.165, 1.54) is 13.8 Å². The topological polar surface area (TPSA) is 309 Å². The van der Waals surface area contributed by atoms with E-state index in [-0.39, 0.29) is 0 Å². The summed E-state index contributed by atoms with van der Waals surface area (Å²) in [7, 11) is 0. The molecule has 0 bridgehead atoms. The zero-order valence-electron chi connectivity index (χ0n) is 21.9. The van der Waals surface area contributed by atoms with Gasteiger partial charge in [-0.05, 0) is 13.8 Å². The van der Waals surface area contributed by atoms with Gasteiger partial charge in [-0.1, -0.05) is 0 Å². The molecule has 3 heterocycles. The van der Waals surface area contributed by atoms with Crippen LogP contribution in [0.5, 0.6) is 0 Å². The fraction of sp³-hybridized carbons (Fsp3) is 0.955. The lowest BCUT2D eigenvalue weighted by Crippen LogP contribution is -2.71. The van der Waals surface area contributed by atoms with E-state index < -0.39 is 123 Å². The molecule has 0 aliphatic carbocycles. The number of carboxylic acids is 1. The van der Waals surface area contributed by atoms with Crippen molar-refractivity contribution >= 4 is 5.97 Å². The van der Waals surface area contributed by atoms with Crippen LogP contribution in [0.3, 0.4) is 0 Å². The third-order valence-corrected chi connectivity index (χ3v) is 7.53. The number of carboxylic acid groups (broad SMARTS) is 1. The SMILES string of the molecule is CC(N[C@H]1[C@H](OC2[C@@H](CO)O[C@@H](O)[C@H](N)[C@H]2O)O[C@H](CO)C(O[C@H]2O[C@](C)(CO)[C@@H](O)[C@H](O)[C@H]2N)[C@@H]1O)C(=O)O. The van der Waals surface area contributed by atoms with Gasteiger partial charge in [-0.2, -0.15) is 0 Å². The van der Waals surface area contributed by atoms with Crippen molar-refractivity contribution in [3.63, 3.8) is 0 Å². The van der Waals surface area contributed by atoms with Gasteiger partial charge in [0.1, 0.15) is 60.5 Å². The van der Waals surface area contributed by atoms with Gasteiger partial charge in [0.15, 0.2) is 18.9 Å². The summed E-state index contributed by atoms with van der Waals surface area (Å²) in [5, 5.41) is 94.1. The molecule has 0 aromatic heterocycles. The molecule has 0 radical (unpaired) electrons. The molecule has 18 nitrogen and oxygen atoms in total. The minimum Gasteiger partial charge on any atom is -0.480 e. The zero-order valence-corrected chi connectivity index (χ0v) is 21.9. The molecule has 3 aliphatic heterocycles. The van der Waals surface area contributed by atoms with Crippen LogP contribution in [-0.2, 0) is 28.5 Å². The van der Waals surface area contributed by atoms with Gasteiger partial charge in [-0.15, -0.1) is 0 Å². The van der Waals surface area contributed by atoms with Gasteiger partial charge in [-0.25, -0.2) is 0 Å². The largest absolute Gasteiger partial charge is 0.480 e. The highest BCUT2D eigenvalue weighted by molar-refractivity contribution is 5.72. The summed E-state index contributed by atoms with van der Waals surface area (Å²) >= 11 is 0. The van der Waals surface area contributed by atoms with E-state index in [4.69, 9.17) is 35.2 Å². The Kier molecular flexibility index (Phi) is 11.2. The van der Waals surface area contributed by atoms with Crippen molar-refractivity contribution in [2.75, 3.05) is 19.8 Å². The predicted octanol–water partition coefficient (Wildman–Crippen LogP) is -7.18. The highest BCUT2D eigenvalue weighted by Gasteiger charge is 2.55. The van der Waals surface area contributed by atoms with E-state index >= 15 is 0 Å². The molecular formula is C22H41N3O15. The maximum absolute atomic E-state index is 11.6. The Balaban J connectivity index is 1.89. The van der Waals surface area contributed by atoms with Gasteiger partial charge >= 0.3 is 5.97 Å². The van der Waals surface area contributed by atoms with Crippen molar-refractivity contribution in [1.29, 1.82) is 0 Å². The Morgan fingerprint density at radius 3 is 2.00 bits per heavy atom. The summed E-state index contributed by atoms with van der Waals surface area (Å²) in [5.41, 5.74) is 10.0. The molecule has 18 heteroatoms. The van der Waals surface area contributed by atoms with E-state index in [1.807, 2.05) is 0 Å². The highest BCUT2D eigenvalue weighted by Crippen LogP contribution is 2.34. The Morgan fingerprint density at radius 1 is 0.900 bits per heavy atom. The van der Waals surface area contributed by atoms with Crippen molar-refractivity contribution < 1.29 is 74.4 Å². The van der Waals surface area contributed by atoms with E-state index in [9.17, 15) is 50.8 Å². The van der Waals surface area contributed by atoms with Crippen molar-refractivity contribution in [2.24, 2.45) is 11.5 Å². The Morgan fingerprint density at radius 2 is 1.45 bits per heavy atom. The first-order valence-corrected chi connectivity index (χ1v) is 12.7. The Labute approximate surface area is 228 Å². The molecule has 3 fully saturated rings. The summed E-state index contributed by atoms with van der Waals surface area (Å²) in [4.78, 5) is 11.6. The lowest BCUT2D eigenvalue weighted by atomic mass is 9.87. The van der Waals surface area contributed by atoms with E-state index in [0.29, 0.717) is 0 Å². The van der Waals surface area contributed by atoms with Crippen LogP contribution in [0, 0.1) is 0 Å². The molecule has 3 saturated heterocycles. The highest BCUT2D eigenvalue weighted by atomic mass is 16.7. The molecule has 234 valence electrons. The molecule has 0 aromatic rings. The third kappa shape index (κ3) is 6.57. The van der Waals surface area contributed by atoms with Crippen LogP contribution in [0.4, 0.5) is 0 Å².